The van der Waals surface area contributed by atoms with Crippen molar-refractivity contribution in [3.8, 4) is 5.75 Å². The molecule has 11 heavy (non-hydrogen) atoms. The van der Waals surface area contributed by atoms with E-state index in [2.05, 4.69) is 4.98 Å². The summed E-state index contributed by atoms with van der Waals surface area (Å²) in [6, 6.07) is 1.52. The second-order valence-electron chi connectivity index (χ2n) is 2.47. The van der Waals surface area contributed by atoms with Crippen LogP contribution in [0.1, 0.15) is 11.3 Å². The predicted octanol–water partition coefficient (Wildman–Crippen LogP) is 1.00. The van der Waals surface area contributed by atoms with E-state index in [0.29, 0.717) is 0 Å². The summed E-state index contributed by atoms with van der Waals surface area (Å²) in [4.78, 5) is 13.5. The van der Waals surface area contributed by atoms with Crippen molar-refractivity contribution < 1.29 is 4.74 Å². The van der Waals surface area contributed by atoms with Crippen molar-refractivity contribution in [1.29, 1.82) is 0 Å². The zero-order chi connectivity index (χ0) is 8.43. The minimum Gasteiger partial charge on any atom is -0.495 e. The Morgan fingerprint density at radius 2 is 2.09 bits per heavy atom. The average Bonchev–Trinajstić information content (AvgIpc) is 1.85. The fourth-order valence-electron chi connectivity index (χ4n) is 1.15. The van der Waals surface area contributed by atoms with Crippen molar-refractivity contribution in [2.24, 2.45) is 0 Å². The summed E-state index contributed by atoms with van der Waals surface area (Å²) in [7, 11) is 1.59. The maximum Gasteiger partial charge on any atom is 0.248 e. The van der Waals surface area contributed by atoms with Gasteiger partial charge in [-0.15, -0.1) is 0 Å². The van der Waals surface area contributed by atoms with Crippen LogP contribution in [-0.2, 0) is 0 Å². The summed E-state index contributed by atoms with van der Waals surface area (Å²) in [6.07, 6.45) is 0. The lowest BCUT2D eigenvalue weighted by atomic mass is 10.2. The minimum atomic E-state index is -0.0826. The highest BCUT2D eigenvalue weighted by atomic mass is 16.5. The van der Waals surface area contributed by atoms with E-state index < -0.39 is 0 Å². The zero-order valence-electron chi connectivity index (χ0n) is 6.89. The van der Waals surface area contributed by atoms with Crippen LogP contribution in [0.25, 0.3) is 0 Å². The maximum absolute atomic E-state index is 10.9. The van der Waals surface area contributed by atoms with Crippen LogP contribution >= 0.6 is 0 Å². The highest BCUT2D eigenvalue weighted by Gasteiger charge is 2.02. The number of aromatic amines is 1. The first kappa shape index (κ1) is 7.85. The van der Waals surface area contributed by atoms with Crippen LogP contribution in [0.4, 0.5) is 0 Å². The molecule has 0 saturated heterocycles. The third kappa shape index (κ3) is 1.42. The van der Waals surface area contributed by atoms with E-state index in [1.54, 1.807) is 7.11 Å². The van der Waals surface area contributed by atoms with Gasteiger partial charge in [0.25, 0.3) is 0 Å². The monoisotopic (exact) mass is 153 g/mol. The van der Waals surface area contributed by atoms with Crippen LogP contribution < -0.4 is 10.3 Å². The number of ether oxygens (including phenoxy) is 1. The molecule has 1 aromatic rings. The Bertz CT molecular complexity index is 288. The van der Waals surface area contributed by atoms with Gasteiger partial charge in [-0.1, -0.05) is 0 Å². The van der Waals surface area contributed by atoms with Gasteiger partial charge in [-0.3, -0.25) is 4.79 Å². The van der Waals surface area contributed by atoms with E-state index in [4.69, 9.17) is 4.74 Å². The van der Waals surface area contributed by atoms with Crippen molar-refractivity contribution in [2.45, 2.75) is 13.8 Å². The maximum atomic E-state index is 10.9. The van der Waals surface area contributed by atoms with E-state index >= 15 is 0 Å². The molecule has 0 saturated carbocycles. The van der Waals surface area contributed by atoms with Crippen molar-refractivity contribution in [3.05, 3.63) is 27.7 Å². The lowest BCUT2D eigenvalue weighted by Crippen LogP contribution is -2.08. The molecule has 0 radical (unpaired) electrons. The summed E-state index contributed by atoms with van der Waals surface area (Å²) in [5, 5.41) is 0. The number of pyridine rings is 1. The molecule has 0 aliphatic rings. The van der Waals surface area contributed by atoms with Gasteiger partial charge in [0.1, 0.15) is 5.75 Å². The molecule has 0 amide bonds. The van der Waals surface area contributed by atoms with Gasteiger partial charge in [-0.25, -0.2) is 0 Å². The molecule has 3 nitrogen and oxygen atoms in total. The van der Waals surface area contributed by atoms with Gasteiger partial charge < -0.3 is 9.72 Å². The van der Waals surface area contributed by atoms with Crippen LogP contribution in [0.5, 0.6) is 5.75 Å². The lowest BCUT2D eigenvalue weighted by Gasteiger charge is -2.05. The smallest absolute Gasteiger partial charge is 0.248 e. The van der Waals surface area contributed by atoms with Crippen LogP contribution in [0.15, 0.2) is 10.9 Å². The summed E-state index contributed by atoms with van der Waals surface area (Å²) in [6.45, 7) is 3.66. The number of methoxy groups -OCH3 is 1. The van der Waals surface area contributed by atoms with Gasteiger partial charge >= 0.3 is 0 Å². The molecule has 60 valence electrons. The lowest BCUT2D eigenvalue weighted by molar-refractivity contribution is 0.405. The number of H-pyrrole nitrogens is 1. The molecule has 0 spiro atoms. The topological polar surface area (TPSA) is 42.1 Å². The Morgan fingerprint density at radius 3 is 2.55 bits per heavy atom. The Labute approximate surface area is 65.0 Å². The van der Waals surface area contributed by atoms with Gasteiger partial charge in [0.05, 0.1) is 12.8 Å². The molecule has 0 aliphatic carbocycles. The molecule has 0 aromatic carbocycles. The zero-order valence-corrected chi connectivity index (χ0v) is 6.89. The standard InChI is InChI=1S/C8H11NO2/c1-5-4-7(10)9-6(2)8(5)11-3/h4H,1-3H3,(H,9,10). The molecule has 0 unspecified atom stereocenters. The fraction of sp³-hybridized carbons (Fsp3) is 0.375. The third-order valence-corrected chi connectivity index (χ3v) is 1.56. The molecular weight excluding hydrogens is 142 g/mol. The number of hydrogen-bond donors (Lipinski definition) is 1. The van der Waals surface area contributed by atoms with Gasteiger partial charge in [-0.05, 0) is 19.4 Å². The average molecular weight is 153 g/mol. The Morgan fingerprint density at radius 1 is 1.45 bits per heavy atom. The molecule has 0 atom stereocenters. The quantitative estimate of drug-likeness (QED) is 0.654. The van der Waals surface area contributed by atoms with Crippen molar-refractivity contribution in [2.75, 3.05) is 7.11 Å². The van der Waals surface area contributed by atoms with Gasteiger partial charge in [-0.2, -0.15) is 0 Å². The molecule has 0 bridgehead atoms. The summed E-state index contributed by atoms with van der Waals surface area (Å²) in [5.74, 6) is 0.754. The van der Waals surface area contributed by atoms with Crippen LogP contribution in [-0.4, -0.2) is 12.1 Å². The predicted molar refractivity (Wildman–Crippen MR) is 43.1 cm³/mol. The van der Waals surface area contributed by atoms with Crippen LogP contribution in [0, 0.1) is 13.8 Å². The fourth-order valence-corrected chi connectivity index (χ4v) is 1.15. The molecule has 3 heteroatoms. The van der Waals surface area contributed by atoms with Crippen LogP contribution in [0.2, 0.25) is 0 Å². The second kappa shape index (κ2) is 2.78. The van der Waals surface area contributed by atoms with Gasteiger partial charge in [0.15, 0.2) is 0 Å². The second-order valence-corrected chi connectivity index (χ2v) is 2.47. The van der Waals surface area contributed by atoms with Gasteiger partial charge in [0, 0.05) is 6.07 Å². The molecular formula is C8H11NO2. The summed E-state index contributed by atoms with van der Waals surface area (Å²) >= 11 is 0. The SMILES string of the molecule is COc1c(C)cc(=O)[nH]c1C. The van der Waals surface area contributed by atoms with E-state index in [0.717, 1.165) is 17.0 Å². The third-order valence-electron chi connectivity index (χ3n) is 1.56. The van der Waals surface area contributed by atoms with Gasteiger partial charge in [0.2, 0.25) is 5.56 Å². The molecule has 1 rings (SSSR count). The van der Waals surface area contributed by atoms with Crippen LogP contribution in [0.3, 0.4) is 0 Å². The first-order valence-corrected chi connectivity index (χ1v) is 3.39. The normalized spacial score (nSPS) is 9.73. The number of aryl methyl sites for hydroxylation is 2. The first-order chi connectivity index (χ1) is 5.15. The molecule has 1 heterocycles. The van der Waals surface area contributed by atoms with E-state index in [-0.39, 0.29) is 5.56 Å². The Kier molecular flexibility index (Phi) is 1.98. The number of nitrogens with one attached hydrogen (secondary N) is 1. The number of aromatic nitrogens is 1. The van der Waals surface area contributed by atoms with Crippen molar-refractivity contribution >= 4 is 0 Å². The minimum absolute atomic E-state index is 0.0826. The van der Waals surface area contributed by atoms with E-state index in [1.165, 1.54) is 6.07 Å². The highest BCUT2D eigenvalue weighted by Crippen LogP contribution is 2.17. The Hall–Kier alpha value is -1.25. The molecule has 1 N–H and O–H groups in total. The van der Waals surface area contributed by atoms with E-state index in [1.807, 2.05) is 13.8 Å². The van der Waals surface area contributed by atoms with Crippen molar-refractivity contribution in [1.82, 2.24) is 4.98 Å². The number of hydrogen-bond acceptors (Lipinski definition) is 2. The molecule has 0 fully saturated rings. The Balaban J connectivity index is 3.36. The summed E-state index contributed by atoms with van der Waals surface area (Å²) < 4.78 is 5.06. The molecule has 0 aliphatic heterocycles. The first-order valence-electron chi connectivity index (χ1n) is 3.39. The highest BCUT2D eigenvalue weighted by molar-refractivity contribution is 5.34. The number of rotatable bonds is 1. The van der Waals surface area contributed by atoms with Crippen molar-refractivity contribution in [3.63, 3.8) is 0 Å². The molecule has 1 aromatic heterocycles. The largest absolute Gasteiger partial charge is 0.495 e. The summed E-state index contributed by atoms with van der Waals surface area (Å²) in [5.41, 5.74) is 1.56. The van der Waals surface area contributed by atoms with E-state index in [9.17, 15) is 4.79 Å².